The van der Waals surface area contributed by atoms with Gasteiger partial charge in [-0.25, -0.2) is 4.52 Å². The number of hydrogen-bond acceptors (Lipinski definition) is 1. The molecule has 0 N–H and O–H groups in total. The number of fused-ring (bicyclic) bond motifs is 6. The molecule has 2 heterocycles. The molecule has 2 aromatic heterocycles. The van der Waals surface area contributed by atoms with E-state index in [1.165, 1.54) is 73.8 Å². The zero-order chi connectivity index (χ0) is 24.7. The Bertz CT molecular complexity index is 1850. The van der Waals surface area contributed by atoms with Crippen LogP contribution in [0.15, 0.2) is 103 Å². The summed E-state index contributed by atoms with van der Waals surface area (Å²) in [5, 5.41) is 7.96. The van der Waals surface area contributed by atoms with E-state index in [0.29, 0.717) is 5.92 Å². The van der Waals surface area contributed by atoms with Gasteiger partial charge < -0.3 is 0 Å². The van der Waals surface area contributed by atoms with Crippen LogP contribution in [-0.2, 0) is 5.41 Å². The Hall–Kier alpha value is -4.17. The highest BCUT2D eigenvalue weighted by Gasteiger charge is 2.36. The molecule has 0 spiro atoms. The van der Waals surface area contributed by atoms with Gasteiger partial charge in [0.2, 0.25) is 0 Å². The standard InChI is InChI=1S/C35H28N2/c1-35(2)29-15-9-8-14-27(29)28-20-25(18-19-30(28)35)33-32(23-10-4-3-5-11-23)34-26-13-7-6-12-24(26)21-31(22-16-17-22)37(34)36-33/h3-15,18-22H,16-17H2,1-2H3. The molecule has 0 radical (unpaired) electrons. The summed E-state index contributed by atoms with van der Waals surface area (Å²) in [6, 6.07) is 37.9. The van der Waals surface area contributed by atoms with Crippen LogP contribution in [0, 0.1) is 0 Å². The van der Waals surface area contributed by atoms with E-state index >= 15 is 0 Å². The van der Waals surface area contributed by atoms with Gasteiger partial charge in [-0.05, 0) is 58.2 Å². The molecule has 2 heteroatoms. The van der Waals surface area contributed by atoms with Crippen LogP contribution in [0.4, 0.5) is 0 Å². The van der Waals surface area contributed by atoms with Crippen LogP contribution < -0.4 is 0 Å². The average molecular weight is 477 g/mol. The molecule has 8 rings (SSSR count). The molecule has 4 aromatic carbocycles. The molecule has 0 bridgehead atoms. The van der Waals surface area contributed by atoms with Crippen molar-refractivity contribution in [3.05, 3.63) is 120 Å². The molecule has 0 saturated heterocycles. The van der Waals surface area contributed by atoms with Crippen molar-refractivity contribution in [3.8, 4) is 33.5 Å². The van der Waals surface area contributed by atoms with E-state index < -0.39 is 0 Å². The number of rotatable bonds is 3. The minimum atomic E-state index is 0.000967. The van der Waals surface area contributed by atoms with E-state index in [1.807, 2.05) is 0 Å². The molecule has 2 aliphatic carbocycles. The van der Waals surface area contributed by atoms with Gasteiger partial charge in [0.25, 0.3) is 0 Å². The number of aromatic nitrogens is 2. The third-order valence-electron chi connectivity index (χ3n) is 8.56. The maximum atomic E-state index is 5.41. The Morgan fingerprint density at radius 2 is 1.43 bits per heavy atom. The molecule has 0 atom stereocenters. The fourth-order valence-electron chi connectivity index (χ4n) is 6.53. The van der Waals surface area contributed by atoms with Gasteiger partial charge in [-0.1, -0.05) is 105 Å². The summed E-state index contributed by atoms with van der Waals surface area (Å²) in [5.41, 5.74) is 12.7. The molecule has 0 aliphatic heterocycles. The van der Waals surface area contributed by atoms with E-state index in [1.54, 1.807) is 0 Å². The molecular formula is C35H28N2. The van der Waals surface area contributed by atoms with Gasteiger partial charge in [0.15, 0.2) is 0 Å². The highest BCUT2D eigenvalue weighted by molar-refractivity contribution is 6.07. The minimum absolute atomic E-state index is 0.000967. The Balaban J connectivity index is 1.47. The molecule has 1 saturated carbocycles. The topological polar surface area (TPSA) is 17.3 Å². The van der Waals surface area contributed by atoms with E-state index in [9.17, 15) is 0 Å². The lowest BCUT2D eigenvalue weighted by Crippen LogP contribution is -2.14. The SMILES string of the molecule is CC1(C)c2ccccc2-c2cc(-c3nn4c(C5CC5)cc5ccccc5c4c3-c3ccccc3)ccc21. The predicted molar refractivity (Wildman–Crippen MR) is 153 cm³/mol. The summed E-state index contributed by atoms with van der Waals surface area (Å²) in [5.74, 6) is 0.594. The second-order valence-electron chi connectivity index (χ2n) is 11.2. The summed E-state index contributed by atoms with van der Waals surface area (Å²) >= 11 is 0. The van der Waals surface area contributed by atoms with Crippen molar-refractivity contribution in [2.75, 3.05) is 0 Å². The Morgan fingerprint density at radius 3 is 2.27 bits per heavy atom. The predicted octanol–water partition coefficient (Wildman–Crippen LogP) is 9.01. The smallest absolute Gasteiger partial charge is 0.101 e. The first-order valence-electron chi connectivity index (χ1n) is 13.4. The van der Waals surface area contributed by atoms with Crippen molar-refractivity contribution in [2.24, 2.45) is 0 Å². The van der Waals surface area contributed by atoms with E-state index in [-0.39, 0.29) is 5.41 Å². The van der Waals surface area contributed by atoms with Gasteiger partial charge in [0.1, 0.15) is 5.69 Å². The van der Waals surface area contributed by atoms with Crippen LogP contribution in [0.1, 0.15) is 49.4 Å². The van der Waals surface area contributed by atoms with Crippen molar-refractivity contribution >= 4 is 16.3 Å². The molecule has 178 valence electrons. The second kappa shape index (κ2) is 7.43. The van der Waals surface area contributed by atoms with Crippen molar-refractivity contribution in [1.29, 1.82) is 0 Å². The zero-order valence-electron chi connectivity index (χ0n) is 21.2. The van der Waals surface area contributed by atoms with Crippen molar-refractivity contribution < 1.29 is 0 Å². The molecule has 37 heavy (non-hydrogen) atoms. The highest BCUT2D eigenvalue weighted by atomic mass is 15.2. The first-order valence-corrected chi connectivity index (χ1v) is 13.4. The van der Waals surface area contributed by atoms with Gasteiger partial charge in [0.05, 0.1) is 5.52 Å². The lowest BCUT2D eigenvalue weighted by Gasteiger charge is -2.21. The number of benzene rings is 4. The second-order valence-corrected chi connectivity index (χ2v) is 11.2. The van der Waals surface area contributed by atoms with Gasteiger partial charge >= 0.3 is 0 Å². The molecule has 1 fully saturated rings. The molecule has 0 amide bonds. The first-order chi connectivity index (χ1) is 18.1. The van der Waals surface area contributed by atoms with Crippen molar-refractivity contribution in [1.82, 2.24) is 9.61 Å². The maximum Gasteiger partial charge on any atom is 0.101 e. The minimum Gasteiger partial charge on any atom is -0.236 e. The van der Waals surface area contributed by atoms with Crippen LogP contribution in [0.3, 0.4) is 0 Å². The lowest BCUT2D eigenvalue weighted by molar-refractivity contribution is 0.660. The van der Waals surface area contributed by atoms with Crippen LogP contribution in [0.2, 0.25) is 0 Å². The number of hydrogen-bond donors (Lipinski definition) is 0. The summed E-state index contributed by atoms with van der Waals surface area (Å²) in [4.78, 5) is 0. The summed E-state index contributed by atoms with van der Waals surface area (Å²) < 4.78 is 2.27. The van der Waals surface area contributed by atoms with Gasteiger partial charge in [-0.2, -0.15) is 5.10 Å². The molecule has 0 unspecified atom stereocenters. The van der Waals surface area contributed by atoms with E-state index in [4.69, 9.17) is 5.10 Å². The fourth-order valence-corrected chi connectivity index (χ4v) is 6.53. The third-order valence-corrected chi connectivity index (χ3v) is 8.56. The summed E-state index contributed by atoms with van der Waals surface area (Å²) in [7, 11) is 0. The molecular weight excluding hydrogens is 448 g/mol. The summed E-state index contributed by atoms with van der Waals surface area (Å²) in [6.45, 7) is 4.68. The van der Waals surface area contributed by atoms with E-state index in [2.05, 4.69) is 121 Å². The highest BCUT2D eigenvalue weighted by Crippen LogP contribution is 2.50. The monoisotopic (exact) mass is 476 g/mol. The first kappa shape index (κ1) is 21.0. The van der Waals surface area contributed by atoms with Crippen molar-refractivity contribution in [3.63, 3.8) is 0 Å². The van der Waals surface area contributed by atoms with Crippen LogP contribution in [0.25, 0.3) is 49.8 Å². The largest absolute Gasteiger partial charge is 0.236 e. The van der Waals surface area contributed by atoms with Crippen LogP contribution in [-0.4, -0.2) is 9.61 Å². The maximum absolute atomic E-state index is 5.41. The van der Waals surface area contributed by atoms with Crippen LogP contribution in [0.5, 0.6) is 0 Å². The Kier molecular flexibility index (Phi) is 4.21. The van der Waals surface area contributed by atoms with Gasteiger partial charge in [-0.15, -0.1) is 0 Å². The normalized spacial score (nSPS) is 15.7. The Labute approximate surface area is 217 Å². The van der Waals surface area contributed by atoms with Gasteiger partial charge in [0, 0.05) is 33.5 Å². The van der Waals surface area contributed by atoms with Gasteiger partial charge in [-0.3, -0.25) is 0 Å². The Morgan fingerprint density at radius 1 is 0.703 bits per heavy atom. The fraction of sp³-hybridized carbons (Fsp3) is 0.171. The van der Waals surface area contributed by atoms with E-state index in [0.717, 1.165) is 5.69 Å². The quantitative estimate of drug-likeness (QED) is 0.249. The third kappa shape index (κ3) is 2.96. The number of pyridine rings is 1. The molecule has 2 nitrogen and oxygen atoms in total. The van der Waals surface area contributed by atoms with Crippen molar-refractivity contribution in [2.45, 2.75) is 38.0 Å². The number of nitrogens with zero attached hydrogens (tertiary/aromatic N) is 2. The summed E-state index contributed by atoms with van der Waals surface area (Å²) in [6.07, 6.45) is 2.49. The lowest BCUT2D eigenvalue weighted by atomic mass is 9.82. The average Bonchev–Trinajstić information content (AvgIpc) is 3.66. The van der Waals surface area contributed by atoms with Crippen LogP contribution >= 0.6 is 0 Å². The molecule has 2 aliphatic rings. The zero-order valence-corrected chi connectivity index (χ0v) is 21.2. The molecule has 6 aromatic rings.